The minimum Gasteiger partial charge on any atom is -0.397 e. The zero-order chi connectivity index (χ0) is 12.4. The van der Waals surface area contributed by atoms with Crippen LogP contribution >= 0.6 is 11.5 Å². The molecule has 0 atom stereocenters. The Labute approximate surface area is 102 Å². The topological polar surface area (TPSA) is 98.7 Å². The van der Waals surface area contributed by atoms with Crippen LogP contribution in [0.3, 0.4) is 0 Å². The lowest BCUT2D eigenvalue weighted by Crippen LogP contribution is -2.17. The smallest absolute Gasteiger partial charge is 0.274 e. The van der Waals surface area contributed by atoms with Crippen molar-refractivity contribution in [2.24, 2.45) is 0 Å². The molecule has 17 heavy (non-hydrogen) atoms. The number of anilines is 2. The third-order valence-corrected chi connectivity index (χ3v) is 2.69. The summed E-state index contributed by atoms with van der Waals surface area (Å²) in [5.74, 6) is -0.269. The lowest BCUT2D eigenvalue weighted by atomic mass is 10.3. The van der Waals surface area contributed by atoms with Crippen molar-refractivity contribution in [1.82, 2.24) is 19.4 Å². The predicted octanol–water partition coefficient (Wildman–Crippen LogP) is 1.15. The first-order valence-electron chi connectivity index (χ1n) is 5.01. The fourth-order valence-corrected chi connectivity index (χ4v) is 1.81. The molecule has 0 aliphatic rings. The van der Waals surface area contributed by atoms with Crippen LogP contribution in [0.2, 0.25) is 0 Å². The maximum absolute atomic E-state index is 12.0. The number of rotatable bonds is 3. The van der Waals surface area contributed by atoms with Crippen molar-refractivity contribution in [2.45, 2.75) is 19.9 Å². The van der Waals surface area contributed by atoms with Gasteiger partial charge in [-0.1, -0.05) is 9.59 Å². The van der Waals surface area contributed by atoms with E-state index in [1.807, 2.05) is 13.8 Å². The van der Waals surface area contributed by atoms with Crippen molar-refractivity contribution >= 4 is 28.3 Å². The van der Waals surface area contributed by atoms with E-state index >= 15 is 0 Å². The number of amides is 1. The average molecular weight is 252 g/mol. The number of carbonyl (C=O) groups is 1. The Morgan fingerprint density at radius 1 is 1.59 bits per heavy atom. The Kier molecular flexibility index (Phi) is 3.05. The number of hydrogen-bond donors (Lipinski definition) is 2. The van der Waals surface area contributed by atoms with E-state index in [1.54, 1.807) is 16.8 Å². The number of aromatic nitrogens is 4. The van der Waals surface area contributed by atoms with E-state index in [0.29, 0.717) is 16.5 Å². The second-order valence-corrected chi connectivity index (χ2v) is 4.51. The second kappa shape index (κ2) is 4.50. The Hall–Kier alpha value is -1.96. The molecule has 0 saturated carbocycles. The molecule has 0 fully saturated rings. The summed E-state index contributed by atoms with van der Waals surface area (Å²) in [6.07, 6.45) is 1.73. The number of nitrogens with zero attached hydrogens (tertiary/aromatic N) is 4. The first-order valence-corrected chi connectivity index (χ1v) is 5.79. The lowest BCUT2D eigenvalue weighted by molar-refractivity contribution is 0.101. The van der Waals surface area contributed by atoms with Gasteiger partial charge in [0.2, 0.25) is 5.13 Å². The zero-order valence-corrected chi connectivity index (χ0v) is 10.2. The van der Waals surface area contributed by atoms with Crippen molar-refractivity contribution in [3.8, 4) is 0 Å². The van der Waals surface area contributed by atoms with Crippen LogP contribution in [0.15, 0.2) is 12.3 Å². The molecule has 0 saturated heterocycles. The van der Waals surface area contributed by atoms with Crippen molar-refractivity contribution in [1.29, 1.82) is 0 Å². The fraction of sp³-hybridized carbons (Fsp3) is 0.333. The van der Waals surface area contributed by atoms with Gasteiger partial charge in [-0.05, 0) is 25.1 Å². The van der Waals surface area contributed by atoms with Gasteiger partial charge >= 0.3 is 0 Å². The number of nitrogen functional groups attached to an aromatic ring is 1. The van der Waals surface area contributed by atoms with Gasteiger partial charge in [-0.3, -0.25) is 10.1 Å². The maximum atomic E-state index is 12.0. The molecule has 0 aromatic carbocycles. The second-order valence-electron chi connectivity index (χ2n) is 3.78. The first kappa shape index (κ1) is 11.5. The molecule has 0 aliphatic carbocycles. The van der Waals surface area contributed by atoms with Gasteiger partial charge in [-0.15, -0.1) is 0 Å². The van der Waals surface area contributed by atoms with Gasteiger partial charge in [0.05, 0.1) is 5.69 Å². The predicted molar refractivity (Wildman–Crippen MR) is 64.9 cm³/mol. The van der Waals surface area contributed by atoms with Crippen LogP contribution in [0.5, 0.6) is 0 Å². The summed E-state index contributed by atoms with van der Waals surface area (Å²) in [4.78, 5) is 12.0. The summed E-state index contributed by atoms with van der Waals surface area (Å²) >= 11 is 1.02. The number of nitrogens with one attached hydrogen (secondary N) is 1. The first-order chi connectivity index (χ1) is 8.08. The molecule has 0 aliphatic heterocycles. The third kappa shape index (κ3) is 2.41. The van der Waals surface area contributed by atoms with Gasteiger partial charge < -0.3 is 10.3 Å². The van der Waals surface area contributed by atoms with E-state index in [2.05, 4.69) is 20.1 Å². The van der Waals surface area contributed by atoms with Crippen molar-refractivity contribution in [3.63, 3.8) is 0 Å². The van der Waals surface area contributed by atoms with Gasteiger partial charge in [-0.25, -0.2) is 0 Å². The van der Waals surface area contributed by atoms with Gasteiger partial charge in [0.25, 0.3) is 5.91 Å². The monoisotopic (exact) mass is 252 g/mol. The molecule has 2 heterocycles. The average Bonchev–Trinajstić information content (AvgIpc) is 2.86. The van der Waals surface area contributed by atoms with E-state index in [0.717, 1.165) is 11.5 Å². The molecule has 1 amide bonds. The van der Waals surface area contributed by atoms with Crippen molar-refractivity contribution in [3.05, 3.63) is 18.0 Å². The minimum atomic E-state index is -0.269. The molecule has 0 unspecified atom stereocenters. The molecule has 2 aromatic heterocycles. The van der Waals surface area contributed by atoms with Gasteiger partial charge in [0.15, 0.2) is 0 Å². The van der Waals surface area contributed by atoms with Crippen LogP contribution in [0, 0.1) is 0 Å². The van der Waals surface area contributed by atoms with Crippen LogP contribution in [0.1, 0.15) is 30.4 Å². The highest BCUT2D eigenvalue weighted by Crippen LogP contribution is 2.18. The largest absolute Gasteiger partial charge is 0.397 e. The Balaban J connectivity index is 2.24. The molecule has 0 spiro atoms. The standard InChI is InChI=1S/C9H12N6OS/c1-5(2)15-4-6(10)3-7(15)8(16)11-9-12-13-14-17-9/h3-5H,10H2,1-2H3,(H,11,12,14,16). The SMILES string of the molecule is CC(C)n1cc(N)cc1C(=O)Nc1nnns1. The molecule has 3 N–H and O–H groups in total. The van der Waals surface area contributed by atoms with Crippen LogP contribution in [0.4, 0.5) is 10.8 Å². The maximum Gasteiger partial charge on any atom is 0.274 e. The highest BCUT2D eigenvalue weighted by atomic mass is 32.1. The van der Waals surface area contributed by atoms with Gasteiger partial charge in [-0.2, -0.15) is 0 Å². The summed E-state index contributed by atoms with van der Waals surface area (Å²) in [5, 5.41) is 10.0. The summed E-state index contributed by atoms with van der Waals surface area (Å²) in [7, 11) is 0. The highest BCUT2D eigenvalue weighted by Gasteiger charge is 2.16. The molecule has 7 nitrogen and oxygen atoms in total. The number of nitrogens with two attached hydrogens (primary N) is 1. The summed E-state index contributed by atoms with van der Waals surface area (Å²) < 4.78 is 5.37. The summed E-state index contributed by atoms with van der Waals surface area (Å²) in [5.41, 5.74) is 6.74. The summed E-state index contributed by atoms with van der Waals surface area (Å²) in [6.45, 7) is 3.95. The van der Waals surface area contributed by atoms with Crippen LogP contribution in [0.25, 0.3) is 0 Å². The Bertz CT molecular complexity index is 518. The van der Waals surface area contributed by atoms with E-state index in [4.69, 9.17) is 5.73 Å². The molecule has 0 radical (unpaired) electrons. The fourth-order valence-electron chi connectivity index (χ4n) is 1.45. The van der Waals surface area contributed by atoms with E-state index in [-0.39, 0.29) is 11.9 Å². The molecule has 2 rings (SSSR count). The van der Waals surface area contributed by atoms with Gasteiger partial charge in [0.1, 0.15) is 5.69 Å². The van der Waals surface area contributed by atoms with Gasteiger partial charge in [0, 0.05) is 23.8 Å². The molecular weight excluding hydrogens is 240 g/mol. The van der Waals surface area contributed by atoms with Crippen LogP contribution in [-0.2, 0) is 0 Å². The van der Waals surface area contributed by atoms with Crippen LogP contribution < -0.4 is 11.1 Å². The highest BCUT2D eigenvalue weighted by molar-refractivity contribution is 7.09. The van der Waals surface area contributed by atoms with Crippen LogP contribution in [-0.4, -0.2) is 25.3 Å². The quantitative estimate of drug-likeness (QED) is 0.853. The van der Waals surface area contributed by atoms with Crippen molar-refractivity contribution in [2.75, 3.05) is 11.1 Å². The van der Waals surface area contributed by atoms with Crippen molar-refractivity contribution < 1.29 is 4.79 Å². The number of hydrogen-bond acceptors (Lipinski definition) is 6. The summed E-state index contributed by atoms with van der Waals surface area (Å²) in [6, 6.07) is 1.78. The number of carbonyl (C=O) groups excluding carboxylic acids is 1. The molecule has 2 aromatic rings. The lowest BCUT2D eigenvalue weighted by Gasteiger charge is -2.11. The minimum absolute atomic E-state index is 0.153. The Morgan fingerprint density at radius 3 is 2.94 bits per heavy atom. The zero-order valence-electron chi connectivity index (χ0n) is 9.41. The Morgan fingerprint density at radius 2 is 2.35 bits per heavy atom. The normalized spacial score (nSPS) is 10.8. The molecule has 0 bridgehead atoms. The van der Waals surface area contributed by atoms with E-state index in [1.165, 1.54) is 0 Å². The van der Waals surface area contributed by atoms with E-state index < -0.39 is 0 Å². The molecule has 90 valence electrons. The molecular formula is C9H12N6OS. The third-order valence-electron chi connectivity index (χ3n) is 2.18. The molecule has 8 heteroatoms. The van der Waals surface area contributed by atoms with E-state index in [9.17, 15) is 4.79 Å².